The molecule has 1 aromatic carbocycles. The molecule has 4 rings (SSSR count). The molecular weight excluding hydrogens is 386 g/mol. The Hall–Kier alpha value is -2.84. The van der Waals surface area contributed by atoms with Gasteiger partial charge in [-0.05, 0) is 42.5 Å². The second-order valence-corrected chi connectivity index (χ2v) is 12.4. The van der Waals surface area contributed by atoms with Crippen molar-refractivity contribution in [3.05, 3.63) is 49.1 Å². The highest BCUT2D eigenvalue weighted by Crippen LogP contribution is 2.33. The van der Waals surface area contributed by atoms with Gasteiger partial charge in [0.1, 0.15) is 12.2 Å². The standard InChI is InChI=1S/C21H25N5O2S/c1-29(2,3)9-8-27-14-26-7-6-24-20(26)21-25-18-5-4-15(11-19(18)28-21)16-10-17(22)13-23-12-16/h4-7,10-13H,8-9,14,22H2,1-3H3. The van der Waals surface area contributed by atoms with Crippen molar-refractivity contribution in [3.63, 3.8) is 0 Å². The lowest BCUT2D eigenvalue weighted by molar-refractivity contribution is 0.0904. The Morgan fingerprint density at radius 1 is 1.14 bits per heavy atom. The van der Waals surface area contributed by atoms with Crippen LogP contribution in [-0.2, 0) is 11.5 Å². The largest absolute Gasteiger partial charge is 0.434 e. The number of anilines is 1. The Labute approximate surface area is 171 Å². The summed E-state index contributed by atoms with van der Waals surface area (Å²) in [5.41, 5.74) is 9.83. The third kappa shape index (κ3) is 4.60. The summed E-state index contributed by atoms with van der Waals surface area (Å²) in [5.74, 6) is 2.19. The summed E-state index contributed by atoms with van der Waals surface area (Å²) >= 11 is 0. The van der Waals surface area contributed by atoms with Crippen LogP contribution in [0.5, 0.6) is 0 Å². The number of hydrogen-bond acceptors (Lipinski definition) is 6. The van der Waals surface area contributed by atoms with Crippen LogP contribution < -0.4 is 5.73 Å². The van der Waals surface area contributed by atoms with Crippen LogP contribution in [0.4, 0.5) is 5.69 Å². The van der Waals surface area contributed by atoms with Crippen molar-refractivity contribution in [2.45, 2.75) is 6.73 Å². The van der Waals surface area contributed by atoms with Crippen LogP contribution >= 0.6 is 10.0 Å². The van der Waals surface area contributed by atoms with E-state index in [4.69, 9.17) is 14.9 Å². The van der Waals surface area contributed by atoms with Crippen molar-refractivity contribution in [2.24, 2.45) is 0 Å². The van der Waals surface area contributed by atoms with E-state index in [2.05, 4.69) is 33.7 Å². The number of rotatable bonds is 7. The van der Waals surface area contributed by atoms with Crippen LogP contribution in [0.1, 0.15) is 0 Å². The van der Waals surface area contributed by atoms with E-state index >= 15 is 0 Å². The summed E-state index contributed by atoms with van der Waals surface area (Å²) in [7, 11) is -0.568. The van der Waals surface area contributed by atoms with Crippen molar-refractivity contribution >= 4 is 26.8 Å². The molecule has 8 heteroatoms. The number of nitrogen functional groups attached to an aromatic ring is 1. The number of pyridine rings is 1. The quantitative estimate of drug-likeness (QED) is 0.462. The molecule has 152 valence electrons. The molecule has 0 saturated carbocycles. The van der Waals surface area contributed by atoms with Gasteiger partial charge < -0.3 is 19.5 Å². The van der Waals surface area contributed by atoms with Crippen LogP contribution in [0.3, 0.4) is 0 Å². The third-order valence-electron chi connectivity index (χ3n) is 4.46. The van der Waals surface area contributed by atoms with E-state index < -0.39 is 10.0 Å². The summed E-state index contributed by atoms with van der Waals surface area (Å²) in [5, 5.41) is 0. The zero-order chi connectivity index (χ0) is 20.4. The number of fused-ring (bicyclic) bond motifs is 1. The van der Waals surface area contributed by atoms with Gasteiger partial charge in [0.05, 0.1) is 12.3 Å². The maximum Gasteiger partial charge on any atom is 0.264 e. The van der Waals surface area contributed by atoms with Gasteiger partial charge in [-0.2, -0.15) is 0 Å². The number of imidazole rings is 1. The van der Waals surface area contributed by atoms with E-state index in [0.29, 0.717) is 29.7 Å². The van der Waals surface area contributed by atoms with Crippen LogP contribution in [-0.4, -0.2) is 50.6 Å². The van der Waals surface area contributed by atoms with E-state index in [-0.39, 0.29) is 0 Å². The van der Waals surface area contributed by atoms with E-state index in [1.165, 1.54) is 0 Å². The highest BCUT2D eigenvalue weighted by Gasteiger charge is 2.15. The molecule has 3 heterocycles. The number of nitrogens with zero attached hydrogens (tertiary/aromatic N) is 4. The zero-order valence-electron chi connectivity index (χ0n) is 16.8. The molecule has 0 atom stereocenters. The molecule has 0 aliphatic carbocycles. The maximum atomic E-state index is 6.01. The van der Waals surface area contributed by atoms with Gasteiger partial charge in [-0.3, -0.25) is 4.98 Å². The monoisotopic (exact) mass is 411 g/mol. The number of aromatic nitrogens is 4. The van der Waals surface area contributed by atoms with Gasteiger partial charge in [-0.1, -0.05) is 6.07 Å². The normalized spacial score (nSPS) is 12.5. The van der Waals surface area contributed by atoms with Crippen LogP contribution in [0.2, 0.25) is 0 Å². The fraction of sp³-hybridized carbons (Fsp3) is 0.286. The zero-order valence-corrected chi connectivity index (χ0v) is 17.6. The van der Waals surface area contributed by atoms with Gasteiger partial charge >= 0.3 is 0 Å². The molecule has 7 nitrogen and oxygen atoms in total. The minimum Gasteiger partial charge on any atom is -0.434 e. The summed E-state index contributed by atoms with van der Waals surface area (Å²) in [6.07, 6.45) is 13.9. The first-order valence-electron chi connectivity index (χ1n) is 9.26. The van der Waals surface area contributed by atoms with E-state index in [1.54, 1.807) is 18.6 Å². The van der Waals surface area contributed by atoms with Gasteiger partial charge in [0.2, 0.25) is 0 Å². The predicted octanol–water partition coefficient (Wildman–Crippen LogP) is 4.00. The van der Waals surface area contributed by atoms with Crippen molar-refractivity contribution < 1.29 is 9.15 Å². The Morgan fingerprint density at radius 2 is 2.00 bits per heavy atom. The second kappa shape index (κ2) is 7.88. The summed E-state index contributed by atoms with van der Waals surface area (Å²) in [6.45, 7) is 1.14. The van der Waals surface area contributed by atoms with Crippen LogP contribution in [0.15, 0.2) is 53.5 Å². The van der Waals surface area contributed by atoms with Crippen LogP contribution in [0.25, 0.3) is 33.9 Å². The minimum absolute atomic E-state index is 0.420. The molecule has 0 fully saturated rings. The molecular formula is C21H25N5O2S. The van der Waals surface area contributed by atoms with Gasteiger partial charge in [0, 0.05) is 36.1 Å². The minimum atomic E-state index is -0.568. The topological polar surface area (TPSA) is 92.0 Å². The first kappa shape index (κ1) is 19.5. The first-order valence-corrected chi connectivity index (χ1v) is 12.3. The lowest BCUT2D eigenvalue weighted by Gasteiger charge is -2.24. The van der Waals surface area contributed by atoms with Crippen LogP contribution in [0, 0.1) is 0 Å². The highest BCUT2D eigenvalue weighted by atomic mass is 32.3. The fourth-order valence-electron chi connectivity index (χ4n) is 2.90. The van der Waals surface area contributed by atoms with E-state index in [9.17, 15) is 0 Å². The number of hydrogen-bond donors (Lipinski definition) is 1. The first-order chi connectivity index (χ1) is 13.9. The number of benzene rings is 1. The molecule has 0 bridgehead atoms. The third-order valence-corrected chi connectivity index (χ3v) is 5.85. The molecule has 0 aliphatic rings. The molecule has 0 aliphatic heterocycles. The molecule has 3 aromatic heterocycles. The highest BCUT2D eigenvalue weighted by molar-refractivity contribution is 8.32. The van der Waals surface area contributed by atoms with Gasteiger partial charge in [-0.15, -0.1) is 0 Å². The summed E-state index contributed by atoms with van der Waals surface area (Å²) < 4.78 is 13.8. The average molecular weight is 412 g/mol. The van der Waals surface area contributed by atoms with E-state index in [1.807, 2.05) is 35.0 Å². The van der Waals surface area contributed by atoms with Crippen molar-refractivity contribution in [1.29, 1.82) is 0 Å². The van der Waals surface area contributed by atoms with E-state index in [0.717, 1.165) is 29.0 Å². The van der Waals surface area contributed by atoms with Crippen molar-refractivity contribution in [3.8, 4) is 22.8 Å². The number of oxazole rings is 1. The lowest BCUT2D eigenvalue weighted by Crippen LogP contribution is -2.10. The molecule has 0 amide bonds. The molecule has 0 spiro atoms. The summed E-state index contributed by atoms with van der Waals surface area (Å²) in [6, 6.07) is 7.74. The van der Waals surface area contributed by atoms with Crippen molar-refractivity contribution in [1.82, 2.24) is 19.5 Å². The fourth-order valence-corrected chi connectivity index (χ4v) is 3.52. The molecule has 0 radical (unpaired) electrons. The average Bonchev–Trinajstić information content (AvgIpc) is 3.30. The molecule has 0 saturated heterocycles. The molecule has 4 aromatic rings. The Kier molecular flexibility index (Phi) is 5.29. The van der Waals surface area contributed by atoms with Gasteiger partial charge in [0.25, 0.3) is 5.89 Å². The Bertz CT molecular complexity index is 1130. The molecule has 29 heavy (non-hydrogen) atoms. The Balaban J connectivity index is 1.55. The molecule has 0 unspecified atom stereocenters. The number of nitrogens with two attached hydrogens (primary N) is 1. The maximum absolute atomic E-state index is 6.01. The van der Waals surface area contributed by atoms with Gasteiger partial charge in [0.15, 0.2) is 11.4 Å². The smallest absolute Gasteiger partial charge is 0.264 e. The predicted molar refractivity (Wildman–Crippen MR) is 119 cm³/mol. The van der Waals surface area contributed by atoms with Crippen molar-refractivity contribution in [2.75, 3.05) is 36.9 Å². The summed E-state index contributed by atoms with van der Waals surface area (Å²) in [4.78, 5) is 13.2. The number of ether oxygens (including phenoxy) is 1. The second-order valence-electron chi connectivity index (χ2n) is 7.76. The van der Waals surface area contributed by atoms with Gasteiger partial charge in [-0.25, -0.2) is 20.0 Å². The lowest BCUT2D eigenvalue weighted by atomic mass is 10.1. The molecule has 2 N–H and O–H groups in total. The SMILES string of the molecule is CS(C)(C)CCOCn1ccnc1-c1nc2ccc(-c3cncc(N)c3)cc2o1. The Morgan fingerprint density at radius 3 is 2.79 bits per heavy atom.